The van der Waals surface area contributed by atoms with E-state index in [1.54, 1.807) is 17.1 Å². The van der Waals surface area contributed by atoms with E-state index in [9.17, 15) is 4.79 Å². The van der Waals surface area contributed by atoms with Gasteiger partial charge in [-0.25, -0.2) is 14.6 Å². The summed E-state index contributed by atoms with van der Waals surface area (Å²) >= 11 is 0. The van der Waals surface area contributed by atoms with Gasteiger partial charge in [0, 0.05) is 0 Å². The van der Waals surface area contributed by atoms with Crippen molar-refractivity contribution >= 4 is 6.29 Å². The Hall–Kier alpha value is -2.04. The number of rotatable bonds is 2. The van der Waals surface area contributed by atoms with Gasteiger partial charge in [-0.15, -0.1) is 0 Å². The summed E-state index contributed by atoms with van der Waals surface area (Å²) < 4.78 is 1.63. The van der Waals surface area contributed by atoms with Gasteiger partial charge in [-0.05, 0) is 6.92 Å². The molecule has 0 radical (unpaired) electrons. The normalized spacial score (nSPS) is 10.1. The third-order valence-corrected chi connectivity index (χ3v) is 1.97. The van der Waals surface area contributed by atoms with Crippen LogP contribution in [-0.2, 0) is 0 Å². The van der Waals surface area contributed by atoms with Gasteiger partial charge in [0.05, 0.1) is 29.8 Å². The van der Waals surface area contributed by atoms with Crippen LogP contribution in [0, 0.1) is 6.92 Å². The van der Waals surface area contributed by atoms with E-state index in [1.165, 1.54) is 12.5 Å². The molecule has 0 aliphatic carbocycles. The molecule has 2 rings (SSSR count). The standard InChI is InChI=1S/C9H8N4O/c1-7-8(5-14)2-12-13(7)9-3-10-6-11-4-9/h2-6H,1H3. The molecule has 2 aromatic heterocycles. The maximum atomic E-state index is 10.6. The Bertz CT molecular complexity index is 449. The molecule has 2 aromatic rings. The first-order valence-electron chi connectivity index (χ1n) is 4.08. The Morgan fingerprint density at radius 1 is 1.29 bits per heavy atom. The molecule has 70 valence electrons. The number of aromatic nitrogens is 4. The third kappa shape index (κ3) is 1.28. The van der Waals surface area contributed by atoms with Crippen LogP contribution >= 0.6 is 0 Å². The predicted molar refractivity (Wildman–Crippen MR) is 49.3 cm³/mol. The minimum Gasteiger partial charge on any atom is -0.298 e. The molecule has 0 aromatic carbocycles. The lowest BCUT2D eigenvalue weighted by Crippen LogP contribution is -2.00. The zero-order valence-electron chi connectivity index (χ0n) is 7.58. The van der Waals surface area contributed by atoms with Crippen LogP contribution in [0.3, 0.4) is 0 Å². The Morgan fingerprint density at radius 2 is 2.00 bits per heavy atom. The highest BCUT2D eigenvalue weighted by atomic mass is 16.1. The number of carbonyl (C=O) groups excluding carboxylic acids is 1. The van der Waals surface area contributed by atoms with E-state index in [0.717, 1.165) is 17.7 Å². The summed E-state index contributed by atoms with van der Waals surface area (Å²) in [6.07, 6.45) is 7.03. The highest BCUT2D eigenvalue weighted by Gasteiger charge is 2.06. The van der Waals surface area contributed by atoms with Gasteiger partial charge >= 0.3 is 0 Å². The predicted octanol–water partition coefficient (Wildman–Crippen LogP) is 0.783. The van der Waals surface area contributed by atoms with Crippen molar-refractivity contribution in [2.24, 2.45) is 0 Å². The van der Waals surface area contributed by atoms with Gasteiger partial charge in [-0.1, -0.05) is 0 Å². The van der Waals surface area contributed by atoms with E-state index in [-0.39, 0.29) is 0 Å². The summed E-state index contributed by atoms with van der Waals surface area (Å²) in [7, 11) is 0. The van der Waals surface area contributed by atoms with Crippen LogP contribution < -0.4 is 0 Å². The summed E-state index contributed by atoms with van der Waals surface area (Å²) in [6.45, 7) is 1.82. The minimum absolute atomic E-state index is 0.578. The van der Waals surface area contributed by atoms with Crippen molar-refractivity contribution < 1.29 is 4.79 Å². The van der Waals surface area contributed by atoms with Crippen molar-refractivity contribution in [3.05, 3.63) is 36.2 Å². The first-order valence-corrected chi connectivity index (χ1v) is 4.08. The summed E-state index contributed by atoms with van der Waals surface area (Å²) in [4.78, 5) is 18.3. The fraction of sp³-hybridized carbons (Fsp3) is 0.111. The molecule has 0 saturated carbocycles. The van der Waals surface area contributed by atoms with Crippen LogP contribution in [0.4, 0.5) is 0 Å². The molecule has 5 heteroatoms. The van der Waals surface area contributed by atoms with Gasteiger partial charge < -0.3 is 0 Å². The van der Waals surface area contributed by atoms with Gasteiger partial charge in [0.1, 0.15) is 12.0 Å². The van der Waals surface area contributed by atoms with Crippen molar-refractivity contribution in [3.8, 4) is 5.69 Å². The highest BCUT2D eigenvalue weighted by molar-refractivity contribution is 5.76. The second-order valence-corrected chi connectivity index (χ2v) is 2.81. The number of carbonyl (C=O) groups is 1. The van der Waals surface area contributed by atoms with Crippen LogP contribution in [0.15, 0.2) is 24.9 Å². The molecule has 0 N–H and O–H groups in total. The first-order chi connectivity index (χ1) is 6.83. The molecule has 0 bridgehead atoms. The van der Waals surface area contributed by atoms with Crippen LogP contribution in [0.1, 0.15) is 16.1 Å². The van der Waals surface area contributed by atoms with E-state index in [4.69, 9.17) is 0 Å². The highest BCUT2D eigenvalue weighted by Crippen LogP contribution is 2.09. The van der Waals surface area contributed by atoms with Crippen molar-refractivity contribution in [1.29, 1.82) is 0 Å². The zero-order chi connectivity index (χ0) is 9.97. The Labute approximate surface area is 80.4 Å². The van der Waals surface area contributed by atoms with Crippen LogP contribution in [-0.4, -0.2) is 26.0 Å². The third-order valence-electron chi connectivity index (χ3n) is 1.97. The lowest BCUT2D eigenvalue weighted by molar-refractivity contribution is 0.112. The smallest absolute Gasteiger partial charge is 0.153 e. The summed E-state index contributed by atoms with van der Waals surface area (Å²) in [5, 5.41) is 4.06. The molecule has 5 nitrogen and oxygen atoms in total. The van der Waals surface area contributed by atoms with E-state index in [1.807, 2.05) is 6.92 Å². The maximum Gasteiger partial charge on any atom is 0.153 e. The lowest BCUT2D eigenvalue weighted by Gasteiger charge is -2.01. The molecular formula is C9H8N4O. The number of hydrogen-bond acceptors (Lipinski definition) is 4. The molecular weight excluding hydrogens is 180 g/mol. The Kier molecular flexibility index (Phi) is 2.06. The molecule has 0 saturated heterocycles. The molecule has 0 aliphatic heterocycles. The fourth-order valence-electron chi connectivity index (χ4n) is 1.20. The van der Waals surface area contributed by atoms with E-state index in [2.05, 4.69) is 15.1 Å². The first kappa shape index (κ1) is 8.55. The zero-order valence-corrected chi connectivity index (χ0v) is 7.58. The maximum absolute atomic E-state index is 10.6. The number of nitrogens with zero attached hydrogens (tertiary/aromatic N) is 4. The Morgan fingerprint density at radius 3 is 2.57 bits per heavy atom. The quantitative estimate of drug-likeness (QED) is 0.653. The lowest BCUT2D eigenvalue weighted by atomic mass is 10.3. The second kappa shape index (κ2) is 3.37. The fourth-order valence-corrected chi connectivity index (χ4v) is 1.20. The topological polar surface area (TPSA) is 60.7 Å². The van der Waals surface area contributed by atoms with Gasteiger partial charge in [-0.3, -0.25) is 4.79 Å². The number of hydrogen-bond donors (Lipinski definition) is 0. The van der Waals surface area contributed by atoms with Crippen LogP contribution in [0.2, 0.25) is 0 Å². The molecule has 0 unspecified atom stereocenters. The Balaban J connectivity index is 2.53. The van der Waals surface area contributed by atoms with Gasteiger partial charge in [0.25, 0.3) is 0 Å². The van der Waals surface area contributed by atoms with Crippen LogP contribution in [0.25, 0.3) is 5.69 Å². The van der Waals surface area contributed by atoms with Crippen molar-refractivity contribution in [3.63, 3.8) is 0 Å². The van der Waals surface area contributed by atoms with Crippen molar-refractivity contribution in [1.82, 2.24) is 19.7 Å². The summed E-state index contributed by atoms with van der Waals surface area (Å²) in [5.74, 6) is 0. The minimum atomic E-state index is 0.578. The summed E-state index contributed by atoms with van der Waals surface area (Å²) in [6, 6.07) is 0. The molecule has 0 atom stereocenters. The van der Waals surface area contributed by atoms with Gasteiger partial charge in [0.2, 0.25) is 0 Å². The average molecular weight is 188 g/mol. The monoisotopic (exact) mass is 188 g/mol. The molecule has 0 spiro atoms. The molecule has 2 heterocycles. The van der Waals surface area contributed by atoms with E-state index < -0.39 is 0 Å². The summed E-state index contributed by atoms with van der Waals surface area (Å²) in [5.41, 5.74) is 2.11. The molecule has 0 fully saturated rings. The van der Waals surface area contributed by atoms with Crippen molar-refractivity contribution in [2.45, 2.75) is 6.92 Å². The van der Waals surface area contributed by atoms with Gasteiger partial charge in [-0.2, -0.15) is 5.10 Å². The van der Waals surface area contributed by atoms with Crippen molar-refractivity contribution in [2.75, 3.05) is 0 Å². The largest absolute Gasteiger partial charge is 0.298 e. The van der Waals surface area contributed by atoms with E-state index in [0.29, 0.717) is 5.56 Å². The number of aldehydes is 1. The molecule has 0 amide bonds. The van der Waals surface area contributed by atoms with E-state index >= 15 is 0 Å². The molecule has 14 heavy (non-hydrogen) atoms. The van der Waals surface area contributed by atoms with Crippen LogP contribution in [0.5, 0.6) is 0 Å². The van der Waals surface area contributed by atoms with Gasteiger partial charge in [0.15, 0.2) is 6.29 Å². The second-order valence-electron chi connectivity index (χ2n) is 2.81. The SMILES string of the molecule is Cc1c(C=O)cnn1-c1cncnc1. The average Bonchev–Trinajstić information content (AvgIpc) is 2.61. The molecule has 0 aliphatic rings.